The summed E-state index contributed by atoms with van der Waals surface area (Å²) in [7, 11) is 0. The van der Waals surface area contributed by atoms with Crippen molar-refractivity contribution in [3.8, 4) is 6.07 Å². The Morgan fingerprint density at radius 1 is 1.18 bits per heavy atom. The number of halogens is 2. The number of piperidine rings is 1. The Bertz CT molecular complexity index is 493. The maximum absolute atomic E-state index is 13.1. The molecule has 1 aromatic rings. The zero-order valence-electron chi connectivity index (χ0n) is 9.26. The van der Waals surface area contributed by atoms with Crippen LogP contribution >= 0.6 is 0 Å². The molecule has 1 aromatic carbocycles. The minimum Gasteiger partial charge on any atom is -0.316 e. The molecular weight excluding hydrogens is 222 g/mol. The Hall–Kier alpha value is -1.73. The molecule has 0 atom stereocenters. The zero-order chi connectivity index (χ0) is 12.3. The van der Waals surface area contributed by atoms with E-state index in [9.17, 15) is 8.78 Å². The largest absolute Gasteiger partial charge is 0.316 e. The third kappa shape index (κ3) is 2.51. The van der Waals surface area contributed by atoms with Gasteiger partial charge in [0.1, 0.15) is 0 Å². The molecule has 0 saturated carbocycles. The van der Waals surface area contributed by atoms with Crippen LogP contribution in [0.3, 0.4) is 0 Å². The molecule has 0 aliphatic carbocycles. The van der Waals surface area contributed by atoms with Crippen molar-refractivity contribution in [1.29, 1.82) is 5.26 Å². The Kier molecular flexibility index (Phi) is 3.50. The molecule has 2 rings (SSSR count). The lowest BCUT2D eigenvalue weighted by molar-refractivity contribution is 0.508. The molecule has 2 nitrogen and oxygen atoms in total. The lowest BCUT2D eigenvalue weighted by atomic mass is 9.94. The predicted molar refractivity (Wildman–Crippen MR) is 61.0 cm³/mol. The number of hydrogen-bond acceptors (Lipinski definition) is 2. The summed E-state index contributed by atoms with van der Waals surface area (Å²) >= 11 is 0. The van der Waals surface area contributed by atoms with Gasteiger partial charge in [0.05, 0.1) is 11.6 Å². The molecule has 88 valence electrons. The maximum atomic E-state index is 13.1. The second-order valence-corrected chi connectivity index (χ2v) is 3.97. The Balaban J connectivity index is 2.41. The van der Waals surface area contributed by atoms with Gasteiger partial charge in [-0.25, -0.2) is 8.78 Å². The van der Waals surface area contributed by atoms with Gasteiger partial charge in [0.25, 0.3) is 0 Å². The Morgan fingerprint density at radius 2 is 1.88 bits per heavy atom. The van der Waals surface area contributed by atoms with Gasteiger partial charge in [-0.1, -0.05) is 6.07 Å². The van der Waals surface area contributed by atoms with Crippen LogP contribution in [0.4, 0.5) is 8.78 Å². The van der Waals surface area contributed by atoms with Gasteiger partial charge in [-0.3, -0.25) is 0 Å². The summed E-state index contributed by atoms with van der Waals surface area (Å²) in [5.74, 6) is -1.80. The lowest BCUT2D eigenvalue weighted by Gasteiger charge is -2.17. The van der Waals surface area contributed by atoms with Crippen molar-refractivity contribution in [1.82, 2.24) is 5.32 Å². The number of benzene rings is 1. The van der Waals surface area contributed by atoms with Crippen molar-refractivity contribution >= 4 is 5.57 Å². The Morgan fingerprint density at radius 3 is 2.47 bits per heavy atom. The molecule has 0 spiro atoms. The number of nitrogens with zero attached hydrogens (tertiary/aromatic N) is 1. The summed E-state index contributed by atoms with van der Waals surface area (Å²) in [5.41, 5.74) is 1.95. The smallest absolute Gasteiger partial charge is 0.159 e. The fourth-order valence-corrected chi connectivity index (χ4v) is 1.98. The highest BCUT2D eigenvalue weighted by Gasteiger charge is 2.13. The number of hydrogen-bond donors (Lipinski definition) is 1. The molecule has 1 heterocycles. The first kappa shape index (κ1) is 11.7. The van der Waals surface area contributed by atoms with Crippen LogP contribution in [-0.4, -0.2) is 13.1 Å². The van der Waals surface area contributed by atoms with Crippen LogP contribution in [0.1, 0.15) is 18.4 Å². The first-order valence-corrected chi connectivity index (χ1v) is 5.50. The van der Waals surface area contributed by atoms with Gasteiger partial charge >= 0.3 is 0 Å². The van der Waals surface area contributed by atoms with E-state index in [1.54, 1.807) is 0 Å². The van der Waals surface area contributed by atoms with Crippen LogP contribution in [0, 0.1) is 23.0 Å². The van der Waals surface area contributed by atoms with E-state index in [0.717, 1.165) is 43.6 Å². The van der Waals surface area contributed by atoms with Crippen LogP contribution in [0.5, 0.6) is 0 Å². The molecule has 1 aliphatic heterocycles. The summed E-state index contributed by atoms with van der Waals surface area (Å²) in [4.78, 5) is 0. The zero-order valence-corrected chi connectivity index (χ0v) is 9.26. The first-order chi connectivity index (χ1) is 8.22. The van der Waals surface area contributed by atoms with Crippen LogP contribution < -0.4 is 5.32 Å². The normalized spacial score (nSPS) is 15.5. The van der Waals surface area contributed by atoms with E-state index in [1.165, 1.54) is 6.07 Å². The standard InChI is InChI=1S/C13H12F2N2/c14-12-2-1-10(7-13(12)15)11(8-16)9-3-5-17-6-4-9/h1-2,7,17H,3-6H2. The predicted octanol–water partition coefficient (Wildman–Crippen LogP) is 2.63. The fraction of sp³-hybridized carbons (Fsp3) is 0.308. The molecule has 0 amide bonds. The number of nitriles is 1. The minimum atomic E-state index is -0.912. The SMILES string of the molecule is N#CC(=C1CCNCC1)c1ccc(F)c(F)c1. The second kappa shape index (κ2) is 5.07. The Labute approximate surface area is 98.6 Å². The van der Waals surface area contributed by atoms with Gasteiger partial charge in [-0.05, 0) is 49.2 Å². The topological polar surface area (TPSA) is 35.8 Å². The van der Waals surface area contributed by atoms with E-state index >= 15 is 0 Å². The second-order valence-electron chi connectivity index (χ2n) is 3.97. The average Bonchev–Trinajstić information content (AvgIpc) is 2.36. The van der Waals surface area contributed by atoms with Crippen molar-refractivity contribution in [3.63, 3.8) is 0 Å². The highest BCUT2D eigenvalue weighted by Crippen LogP contribution is 2.25. The molecule has 0 bridgehead atoms. The van der Waals surface area contributed by atoms with Gasteiger partial charge in [0.2, 0.25) is 0 Å². The van der Waals surface area contributed by atoms with E-state index in [0.29, 0.717) is 11.1 Å². The van der Waals surface area contributed by atoms with Crippen LogP contribution in [-0.2, 0) is 0 Å². The number of nitrogens with one attached hydrogen (secondary N) is 1. The summed E-state index contributed by atoms with van der Waals surface area (Å²) < 4.78 is 25.9. The third-order valence-corrected chi connectivity index (χ3v) is 2.88. The average molecular weight is 234 g/mol. The molecule has 0 unspecified atom stereocenters. The van der Waals surface area contributed by atoms with E-state index in [1.807, 2.05) is 0 Å². The number of rotatable bonds is 1. The van der Waals surface area contributed by atoms with Gasteiger partial charge < -0.3 is 5.32 Å². The molecule has 0 radical (unpaired) electrons. The molecule has 1 aliphatic rings. The van der Waals surface area contributed by atoms with Crippen molar-refractivity contribution in [2.45, 2.75) is 12.8 Å². The van der Waals surface area contributed by atoms with Gasteiger partial charge in [-0.2, -0.15) is 5.26 Å². The summed E-state index contributed by atoms with van der Waals surface area (Å²) in [6, 6.07) is 5.69. The summed E-state index contributed by atoms with van der Waals surface area (Å²) in [6.45, 7) is 1.65. The maximum Gasteiger partial charge on any atom is 0.159 e. The molecule has 1 saturated heterocycles. The van der Waals surface area contributed by atoms with Crippen LogP contribution in [0.2, 0.25) is 0 Å². The molecule has 17 heavy (non-hydrogen) atoms. The van der Waals surface area contributed by atoms with E-state index < -0.39 is 11.6 Å². The molecule has 1 fully saturated rings. The van der Waals surface area contributed by atoms with Gasteiger partial charge in [0, 0.05) is 0 Å². The quantitative estimate of drug-likeness (QED) is 0.758. The van der Waals surface area contributed by atoms with Crippen molar-refractivity contribution in [3.05, 3.63) is 41.0 Å². The third-order valence-electron chi connectivity index (χ3n) is 2.88. The highest BCUT2D eigenvalue weighted by molar-refractivity contribution is 5.79. The fourth-order valence-electron chi connectivity index (χ4n) is 1.98. The van der Waals surface area contributed by atoms with E-state index in [-0.39, 0.29) is 0 Å². The molecule has 0 aromatic heterocycles. The van der Waals surface area contributed by atoms with Crippen LogP contribution in [0.25, 0.3) is 5.57 Å². The molecule has 4 heteroatoms. The van der Waals surface area contributed by atoms with E-state index in [2.05, 4.69) is 11.4 Å². The van der Waals surface area contributed by atoms with Crippen molar-refractivity contribution in [2.24, 2.45) is 0 Å². The van der Waals surface area contributed by atoms with Crippen molar-refractivity contribution in [2.75, 3.05) is 13.1 Å². The van der Waals surface area contributed by atoms with Crippen molar-refractivity contribution < 1.29 is 8.78 Å². The molecule has 1 N–H and O–H groups in total. The first-order valence-electron chi connectivity index (χ1n) is 5.50. The summed E-state index contributed by atoms with van der Waals surface area (Å²) in [6.07, 6.45) is 1.56. The van der Waals surface area contributed by atoms with Gasteiger partial charge in [-0.15, -0.1) is 0 Å². The monoisotopic (exact) mass is 234 g/mol. The lowest BCUT2D eigenvalue weighted by Crippen LogP contribution is -2.23. The van der Waals surface area contributed by atoms with Gasteiger partial charge in [0.15, 0.2) is 11.6 Å². The molecular formula is C13H12F2N2. The van der Waals surface area contributed by atoms with E-state index in [4.69, 9.17) is 5.26 Å². The highest BCUT2D eigenvalue weighted by atomic mass is 19.2. The minimum absolute atomic E-state index is 0.461. The van der Waals surface area contributed by atoms with Crippen LogP contribution in [0.15, 0.2) is 23.8 Å². The summed E-state index contributed by atoms with van der Waals surface area (Å²) in [5, 5.41) is 12.3. The number of allylic oxidation sites excluding steroid dienone is 1.